The Hall–Kier alpha value is -3.67. The van der Waals surface area contributed by atoms with Gasteiger partial charge in [0.15, 0.2) is 0 Å². The van der Waals surface area contributed by atoms with Crippen LogP contribution in [0.2, 0.25) is 0 Å². The van der Waals surface area contributed by atoms with E-state index in [9.17, 15) is 9.59 Å². The van der Waals surface area contributed by atoms with Crippen molar-refractivity contribution in [2.24, 2.45) is 5.10 Å². The van der Waals surface area contributed by atoms with Crippen LogP contribution in [0.3, 0.4) is 0 Å². The van der Waals surface area contributed by atoms with Crippen LogP contribution in [0.15, 0.2) is 76.5 Å². The smallest absolute Gasteiger partial charge is 0.259 e. The van der Waals surface area contributed by atoms with Crippen LogP contribution in [-0.2, 0) is 9.59 Å². The van der Waals surface area contributed by atoms with Gasteiger partial charge in [-0.05, 0) is 29.0 Å². The minimum Gasteiger partial charge on any atom is -0.465 e. The van der Waals surface area contributed by atoms with Crippen molar-refractivity contribution in [2.45, 2.75) is 0 Å². The van der Waals surface area contributed by atoms with E-state index >= 15 is 0 Å². The number of fused-ring (bicyclic) bond motifs is 1. The zero-order chi connectivity index (χ0) is 18.2. The second kappa shape index (κ2) is 8.43. The third-order valence-corrected chi connectivity index (χ3v) is 3.58. The standard InChI is InChI=1S/C20H17N3O3/c24-19(11-10-17-8-4-12-26-17)21-14-20(25)23-22-13-16-7-3-6-15-5-1-2-9-18(15)16/h1-13H,14H2,(H,21,24)(H,23,25). The number of furan rings is 1. The number of hydrogen-bond acceptors (Lipinski definition) is 4. The van der Waals surface area contributed by atoms with E-state index in [1.165, 1.54) is 18.4 Å². The molecule has 2 amide bonds. The SMILES string of the molecule is O=C(C=Cc1ccco1)NCC(=O)NN=Cc1cccc2ccccc12. The van der Waals surface area contributed by atoms with Crippen molar-refractivity contribution >= 4 is 34.9 Å². The Morgan fingerprint density at radius 2 is 1.88 bits per heavy atom. The third-order valence-electron chi connectivity index (χ3n) is 3.58. The maximum Gasteiger partial charge on any atom is 0.259 e. The molecule has 0 aliphatic carbocycles. The second-order valence-electron chi connectivity index (χ2n) is 5.43. The molecule has 0 saturated heterocycles. The number of nitrogens with one attached hydrogen (secondary N) is 2. The van der Waals surface area contributed by atoms with E-state index in [0.717, 1.165) is 16.3 Å². The Bertz CT molecular complexity index is 954. The lowest BCUT2D eigenvalue weighted by molar-refractivity contribution is -0.123. The molecular formula is C20H17N3O3. The minimum atomic E-state index is -0.416. The number of hydrogen-bond donors (Lipinski definition) is 2. The van der Waals surface area contributed by atoms with E-state index in [4.69, 9.17) is 4.42 Å². The predicted octanol–water partition coefficient (Wildman–Crippen LogP) is 2.71. The van der Waals surface area contributed by atoms with E-state index < -0.39 is 11.8 Å². The summed E-state index contributed by atoms with van der Waals surface area (Å²) in [5, 5.41) is 8.56. The van der Waals surface area contributed by atoms with Gasteiger partial charge in [-0.25, -0.2) is 5.43 Å². The highest BCUT2D eigenvalue weighted by atomic mass is 16.3. The molecule has 1 heterocycles. The molecule has 3 aromatic rings. The van der Waals surface area contributed by atoms with Crippen LogP contribution in [0.1, 0.15) is 11.3 Å². The van der Waals surface area contributed by atoms with Gasteiger partial charge in [-0.2, -0.15) is 5.10 Å². The quantitative estimate of drug-likeness (QED) is 0.408. The van der Waals surface area contributed by atoms with Gasteiger partial charge in [-0.15, -0.1) is 0 Å². The van der Waals surface area contributed by atoms with E-state index in [1.807, 2.05) is 42.5 Å². The highest BCUT2D eigenvalue weighted by Crippen LogP contribution is 2.16. The maximum absolute atomic E-state index is 11.8. The van der Waals surface area contributed by atoms with Gasteiger partial charge >= 0.3 is 0 Å². The predicted molar refractivity (Wildman–Crippen MR) is 100 cm³/mol. The molecule has 0 unspecified atom stereocenters. The molecule has 6 nitrogen and oxygen atoms in total. The number of benzene rings is 2. The molecule has 0 spiro atoms. The highest BCUT2D eigenvalue weighted by Gasteiger charge is 2.02. The van der Waals surface area contributed by atoms with Crippen LogP contribution < -0.4 is 10.7 Å². The zero-order valence-corrected chi connectivity index (χ0v) is 13.9. The molecule has 0 aliphatic heterocycles. The maximum atomic E-state index is 11.8. The number of nitrogens with zero attached hydrogens (tertiary/aromatic N) is 1. The fraction of sp³-hybridized carbons (Fsp3) is 0.0500. The van der Waals surface area contributed by atoms with E-state index in [2.05, 4.69) is 15.8 Å². The first-order chi connectivity index (χ1) is 12.7. The van der Waals surface area contributed by atoms with Crippen molar-refractivity contribution in [2.75, 3.05) is 6.54 Å². The van der Waals surface area contributed by atoms with Crippen LogP contribution >= 0.6 is 0 Å². The molecule has 6 heteroatoms. The van der Waals surface area contributed by atoms with Crippen molar-refractivity contribution in [1.29, 1.82) is 0 Å². The Labute approximate surface area is 150 Å². The van der Waals surface area contributed by atoms with Crippen molar-refractivity contribution in [3.05, 3.63) is 78.3 Å². The molecule has 0 aliphatic rings. The van der Waals surface area contributed by atoms with Crippen LogP contribution in [-0.4, -0.2) is 24.6 Å². The van der Waals surface area contributed by atoms with Gasteiger partial charge in [-0.3, -0.25) is 9.59 Å². The average Bonchev–Trinajstić information content (AvgIpc) is 3.18. The minimum absolute atomic E-state index is 0.172. The lowest BCUT2D eigenvalue weighted by atomic mass is 10.1. The molecule has 26 heavy (non-hydrogen) atoms. The van der Waals surface area contributed by atoms with Gasteiger partial charge in [0.1, 0.15) is 5.76 Å². The van der Waals surface area contributed by atoms with Gasteiger partial charge in [0.2, 0.25) is 5.91 Å². The number of carbonyl (C=O) groups is 2. The molecule has 0 fully saturated rings. The Kier molecular flexibility index (Phi) is 5.57. The zero-order valence-electron chi connectivity index (χ0n) is 13.9. The molecule has 0 bridgehead atoms. The number of rotatable bonds is 6. The van der Waals surface area contributed by atoms with Gasteiger partial charge in [0.25, 0.3) is 5.91 Å². The first kappa shape index (κ1) is 17.2. The summed E-state index contributed by atoms with van der Waals surface area (Å²) in [4.78, 5) is 23.4. The summed E-state index contributed by atoms with van der Waals surface area (Å²) in [6, 6.07) is 17.2. The number of hydrazone groups is 1. The van der Waals surface area contributed by atoms with Gasteiger partial charge in [-0.1, -0.05) is 42.5 Å². The monoisotopic (exact) mass is 347 g/mol. The third kappa shape index (κ3) is 4.67. The van der Waals surface area contributed by atoms with Gasteiger partial charge in [0.05, 0.1) is 19.0 Å². The fourth-order valence-corrected chi connectivity index (χ4v) is 2.35. The lowest BCUT2D eigenvalue weighted by Crippen LogP contribution is -2.34. The summed E-state index contributed by atoms with van der Waals surface area (Å²) >= 11 is 0. The van der Waals surface area contributed by atoms with Crippen molar-refractivity contribution in [3.63, 3.8) is 0 Å². The van der Waals surface area contributed by atoms with Crippen molar-refractivity contribution in [3.8, 4) is 0 Å². The van der Waals surface area contributed by atoms with Crippen molar-refractivity contribution < 1.29 is 14.0 Å². The first-order valence-electron chi connectivity index (χ1n) is 8.01. The average molecular weight is 347 g/mol. The van der Waals surface area contributed by atoms with E-state index in [1.54, 1.807) is 18.3 Å². The van der Waals surface area contributed by atoms with Crippen LogP contribution in [0, 0.1) is 0 Å². The summed E-state index contributed by atoms with van der Waals surface area (Å²) in [5.41, 5.74) is 3.29. The lowest BCUT2D eigenvalue weighted by Gasteiger charge is -2.02. The molecule has 3 rings (SSSR count). The van der Waals surface area contributed by atoms with Crippen LogP contribution in [0.5, 0.6) is 0 Å². The second-order valence-corrected chi connectivity index (χ2v) is 5.43. The molecule has 2 aromatic carbocycles. The summed E-state index contributed by atoms with van der Waals surface area (Å²) < 4.78 is 5.07. The summed E-state index contributed by atoms with van der Waals surface area (Å²) in [5.74, 6) is -0.250. The molecule has 0 atom stereocenters. The van der Waals surface area contributed by atoms with Crippen LogP contribution in [0.25, 0.3) is 16.8 Å². The van der Waals surface area contributed by atoms with E-state index in [0.29, 0.717) is 5.76 Å². The largest absolute Gasteiger partial charge is 0.465 e. The molecule has 1 aromatic heterocycles. The van der Waals surface area contributed by atoms with Crippen molar-refractivity contribution in [1.82, 2.24) is 10.7 Å². The van der Waals surface area contributed by atoms with E-state index in [-0.39, 0.29) is 6.54 Å². The highest BCUT2D eigenvalue weighted by molar-refractivity contribution is 6.00. The fourth-order valence-electron chi connectivity index (χ4n) is 2.35. The molecule has 2 N–H and O–H groups in total. The summed E-state index contributed by atoms with van der Waals surface area (Å²) in [7, 11) is 0. The number of carbonyl (C=O) groups excluding carboxylic acids is 2. The van der Waals surface area contributed by atoms with Gasteiger partial charge in [0, 0.05) is 11.6 Å². The molecular weight excluding hydrogens is 330 g/mol. The number of amides is 2. The van der Waals surface area contributed by atoms with Crippen LogP contribution in [0.4, 0.5) is 0 Å². The molecule has 0 radical (unpaired) electrons. The Balaban J connectivity index is 1.49. The molecule has 0 saturated carbocycles. The summed E-state index contributed by atoms with van der Waals surface area (Å²) in [6.45, 7) is -0.172. The topological polar surface area (TPSA) is 83.7 Å². The summed E-state index contributed by atoms with van der Waals surface area (Å²) in [6.07, 6.45) is 5.91. The van der Waals surface area contributed by atoms with Gasteiger partial charge < -0.3 is 9.73 Å². The first-order valence-corrected chi connectivity index (χ1v) is 8.01. The normalized spacial score (nSPS) is 11.2. The Morgan fingerprint density at radius 1 is 1.04 bits per heavy atom. The molecule has 130 valence electrons. The Morgan fingerprint density at radius 3 is 2.73 bits per heavy atom.